The van der Waals surface area contributed by atoms with Crippen molar-refractivity contribution in [1.82, 2.24) is 15.3 Å². The molecule has 1 atom stereocenters. The number of benzene rings is 1. The van der Waals surface area contributed by atoms with Crippen LogP contribution in [0.1, 0.15) is 35.3 Å². The summed E-state index contributed by atoms with van der Waals surface area (Å²) in [5.41, 5.74) is 6.96. The molecule has 1 aliphatic heterocycles. The molecule has 0 radical (unpaired) electrons. The van der Waals surface area contributed by atoms with Crippen molar-refractivity contribution in [3.63, 3.8) is 0 Å². The van der Waals surface area contributed by atoms with Crippen LogP contribution in [0.15, 0.2) is 18.2 Å². The van der Waals surface area contributed by atoms with E-state index in [0.717, 1.165) is 23.4 Å². The Balaban J connectivity index is 0.00000225. The van der Waals surface area contributed by atoms with E-state index >= 15 is 0 Å². The van der Waals surface area contributed by atoms with Crippen LogP contribution in [0.5, 0.6) is 0 Å². The Kier molecular flexibility index (Phi) is 5.65. The van der Waals surface area contributed by atoms with Gasteiger partial charge in [-0.05, 0) is 42.3 Å². The second kappa shape index (κ2) is 7.23. The number of fused-ring (bicyclic) bond motifs is 1. The molecule has 2 aromatic rings. The maximum Gasteiger partial charge on any atom is 0.416 e. The van der Waals surface area contributed by atoms with Crippen LogP contribution < -0.4 is 16.4 Å². The van der Waals surface area contributed by atoms with Crippen molar-refractivity contribution in [2.75, 3.05) is 11.1 Å². The molecule has 5 nitrogen and oxygen atoms in total. The van der Waals surface area contributed by atoms with Crippen LogP contribution in [0.3, 0.4) is 0 Å². The van der Waals surface area contributed by atoms with Gasteiger partial charge in [-0.25, -0.2) is 9.97 Å². The van der Waals surface area contributed by atoms with Gasteiger partial charge in [-0.1, -0.05) is 0 Å². The molecule has 1 aromatic heterocycles. The molecule has 0 saturated heterocycles. The number of hydrogen-bond acceptors (Lipinski definition) is 5. The van der Waals surface area contributed by atoms with Crippen molar-refractivity contribution < 1.29 is 13.2 Å². The van der Waals surface area contributed by atoms with E-state index in [0.29, 0.717) is 24.5 Å². The Morgan fingerprint density at radius 2 is 1.96 bits per heavy atom. The quantitative estimate of drug-likeness (QED) is 0.544. The molecule has 1 aliphatic rings. The predicted octanol–water partition coefficient (Wildman–Crippen LogP) is 3.93. The van der Waals surface area contributed by atoms with Crippen molar-refractivity contribution >= 4 is 35.5 Å². The van der Waals surface area contributed by atoms with Crippen molar-refractivity contribution in [3.8, 4) is 0 Å². The zero-order valence-electron chi connectivity index (χ0n) is 13.1. The predicted molar refractivity (Wildman–Crippen MR) is 92.7 cm³/mol. The highest BCUT2D eigenvalue weighted by molar-refractivity contribution is 6.28. The summed E-state index contributed by atoms with van der Waals surface area (Å²) in [6, 6.07) is 3.06. The highest BCUT2D eigenvalue weighted by atomic mass is 35.5. The van der Waals surface area contributed by atoms with E-state index in [4.69, 9.17) is 17.3 Å². The third kappa shape index (κ3) is 4.26. The van der Waals surface area contributed by atoms with E-state index in [9.17, 15) is 13.2 Å². The van der Waals surface area contributed by atoms with Gasteiger partial charge in [0.25, 0.3) is 0 Å². The minimum Gasteiger partial charge on any atom is -0.399 e. The van der Waals surface area contributed by atoms with Gasteiger partial charge < -0.3 is 16.4 Å². The molecule has 4 N–H and O–H groups in total. The van der Waals surface area contributed by atoms with E-state index in [-0.39, 0.29) is 23.4 Å². The van der Waals surface area contributed by atoms with Crippen molar-refractivity contribution in [1.29, 1.82) is 0 Å². The van der Waals surface area contributed by atoms with Crippen molar-refractivity contribution in [2.24, 2.45) is 0 Å². The van der Waals surface area contributed by atoms with Gasteiger partial charge in [-0.2, -0.15) is 13.2 Å². The lowest BCUT2D eigenvalue weighted by atomic mass is 10.0. The van der Waals surface area contributed by atoms with Crippen LogP contribution in [0.4, 0.5) is 24.7 Å². The molecule has 1 aromatic carbocycles. The number of alkyl halides is 3. The first-order valence-electron chi connectivity index (χ1n) is 7.24. The fourth-order valence-electron chi connectivity index (χ4n) is 2.64. The average Bonchev–Trinajstić information content (AvgIpc) is 2.93. The van der Waals surface area contributed by atoms with Gasteiger partial charge in [0.1, 0.15) is 5.82 Å². The van der Waals surface area contributed by atoms with Gasteiger partial charge >= 0.3 is 6.18 Å². The fraction of sp³-hybridized carbons (Fsp3) is 0.333. The molecule has 2 heterocycles. The van der Waals surface area contributed by atoms with Gasteiger partial charge in [0.15, 0.2) is 0 Å². The number of nitrogens with zero attached hydrogens (tertiary/aromatic N) is 2. The molecule has 0 bridgehead atoms. The van der Waals surface area contributed by atoms with E-state index < -0.39 is 17.8 Å². The van der Waals surface area contributed by atoms with Crippen LogP contribution in [-0.2, 0) is 19.3 Å². The Morgan fingerprint density at radius 1 is 1.24 bits per heavy atom. The Hall–Kier alpha value is -1.77. The van der Waals surface area contributed by atoms with Gasteiger partial charge in [-0.3, -0.25) is 0 Å². The second-order valence-corrected chi connectivity index (χ2v) is 5.96. The standard InChI is InChI=1S/C15H15ClF3N5.ClH/c1-7(8-2-9(15(17,18)19)4-10(20)3-8)22-13-11-5-21-6-12(11)23-14(16)24-13;/h2-4,7,21H,5-6,20H2,1H3,(H,22,23,24);1H/t7-;/m1./s1. The monoisotopic (exact) mass is 393 g/mol. The molecule has 0 aliphatic carbocycles. The molecule has 3 rings (SSSR count). The summed E-state index contributed by atoms with van der Waals surface area (Å²) in [5.74, 6) is 0.512. The summed E-state index contributed by atoms with van der Waals surface area (Å²) in [4.78, 5) is 8.29. The van der Waals surface area contributed by atoms with Crippen LogP contribution >= 0.6 is 24.0 Å². The maximum absolute atomic E-state index is 12.9. The van der Waals surface area contributed by atoms with E-state index in [1.165, 1.54) is 6.07 Å². The number of hydrogen-bond donors (Lipinski definition) is 3. The first kappa shape index (κ1) is 19.6. The molecular formula is C15H16Cl2F3N5. The lowest BCUT2D eigenvalue weighted by molar-refractivity contribution is -0.137. The maximum atomic E-state index is 12.9. The molecule has 10 heteroatoms. The summed E-state index contributed by atoms with van der Waals surface area (Å²) < 4.78 is 38.8. The highest BCUT2D eigenvalue weighted by Crippen LogP contribution is 2.34. The van der Waals surface area contributed by atoms with Crippen LogP contribution in [0, 0.1) is 0 Å². The first-order chi connectivity index (χ1) is 11.2. The smallest absolute Gasteiger partial charge is 0.399 e. The first-order valence-corrected chi connectivity index (χ1v) is 7.62. The molecule has 0 amide bonds. The van der Waals surface area contributed by atoms with Crippen LogP contribution in [0.2, 0.25) is 5.28 Å². The number of nitrogen functional groups attached to an aromatic ring is 1. The van der Waals surface area contributed by atoms with Crippen LogP contribution in [0.25, 0.3) is 0 Å². The van der Waals surface area contributed by atoms with E-state index in [1.54, 1.807) is 6.92 Å². The summed E-state index contributed by atoms with van der Waals surface area (Å²) in [7, 11) is 0. The minimum atomic E-state index is -4.45. The number of nitrogens with one attached hydrogen (secondary N) is 2. The normalized spacial score (nSPS) is 14.6. The molecule has 0 spiro atoms. The summed E-state index contributed by atoms with van der Waals surface area (Å²) in [6.45, 7) is 2.89. The second-order valence-electron chi connectivity index (χ2n) is 5.62. The number of nitrogens with two attached hydrogens (primary N) is 1. The molecule has 0 fully saturated rings. The van der Waals surface area contributed by atoms with E-state index in [1.807, 2.05) is 0 Å². The van der Waals surface area contributed by atoms with Gasteiger partial charge in [0, 0.05) is 24.3 Å². The summed E-state index contributed by atoms with van der Waals surface area (Å²) in [5, 5.41) is 6.34. The zero-order chi connectivity index (χ0) is 17.5. The fourth-order valence-corrected chi connectivity index (χ4v) is 2.82. The molecule has 0 unspecified atom stereocenters. The highest BCUT2D eigenvalue weighted by Gasteiger charge is 2.31. The topological polar surface area (TPSA) is 75.9 Å². The minimum absolute atomic E-state index is 0. The summed E-state index contributed by atoms with van der Waals surface area (Å²) in [6.07, 6.45) is -4.45. The molecule has 25 heavy (non-hydrogen) atoms. The third-order valence-electron chi connectivity index (χ3n) is 3.82. The van der Waals surface area contributed by atoms with E-state index in [2.05, 4.69) is 20.6 Å². The van der Waals surface area contributed by atoms with Gasteiger partial charge in [-0.15, -0.1) is 12.4 Å². The largest absolute Gasteiger partial charge is 0.416 e. The molecule has 0 saturated carbocycles. The lowest BCUT2D eigenvalue weighted by Crippen LogP contribution is -2.13. The van der Waals surface area contributed by atoms with Crippen molar-refractivity contribution in [2.45, 2.75) is 32.2 Å². The number of anilines is 2. The zero-order valence-corrected chi connectivity index (χ0v) is 14.7. The van der Waals surface area contributed by atoms with Crippen LogP contribution in [-0.4, -0.2) is 9.97 Å². The SMILES string of the molecule is C[C@@H](Nc1nc(Cl)nc2c1CNC2)c1cc(N)cc(C(F)(F)F)c1.Cl. The Morgan fingerprint density at radius 3 is 2.64 bits per heavy atom. The summed E-state index contributed by atoms with van der Waals surface area (Å²) >= 11 is 5.91. The molecular weight excluding hydrogens is 378 g/mol. The Labute approximate surface area is 153 Å². The van der Waals surface area contributed by atoms with Gasteiger partial charge in [0.2, 0.25) is 5.28 Å². The Bertz CT molecular complexity index is 782. The van der Waals surface area contributed by atoms with Crippen molar-refractivity contribution in [3.05, 3.63) is 45.9 Å². The average molecular weight is 394 g/mol. The third-order valence-corrected chi connectivity index (χ3v) is 3.99. The number of halogens is 5. The number of rotatable bonds is 3. The molecule has 136 valence electrons. The number of aromatic nitrogens is 2. The van der Waals surface area contributed by atoms with Gasteiger partial charge in [0.05, 0.1) is 17.3 Å². The lowest BCUT2D eigenvalue weighted by Gasteiger charge is -2.19.